The average Bonchev–Trinajstić information content (AvgIpc) is 2.44. The number of anilines is 1. The van der Waals surface area contributed by atoms with Crippen LogP contribution in [0, 0.1) is 0 Å². The number of aromatic nitrogens is 1. The lowest BCUT2D eigenvalue weighted by Gasteiger charge is -2.17. The Labute approximate surface area is 129 Å². The van der Waals surface area contributed by atoms with Gasteiger partial charge in [-0.3, -0.25) is 0 Å². The van der Waals surface area contributed by atoms with E-state index in [0.29, 0.717) is 17.1 Å². The van der Waals surface area contributed by atoms with Gasteiger partial charge in [0, 0.05) is 17.5 Å². The fraction of sp³-hybridized carbons (Fsp3) is 0.294. The van der Waals surface area contributed by atoms with E-state index in [9.17, 15) is 4.79 Å². The maximum atomic E-state index is 11.8. The molecule has 22 heavy (non-hydrogen) atoms. The third-order valence-electron chi connectivity index (χ3n) is 2.91. The van der Waals surface area contributed by atoms with Gasteiger partial charge in [0.2, 0.25) is 5.88 Å². The van der Waals surface area contributed by atoms with Crippen molar-refractivity contribution in [2.24, 2.45) is 0 Å². The molecule has 0 fully saturated rings. The maximum Gasteiger partial charge on any atom is 0.331 e. The first kappa shape index (κ1) is 15.8. The van der Waals surface area contributed by atoms with E-state index < -0.39 is 5.60 Å². The van der Waals surface area contributed by atoms with E-state index in [4.69, 9.17) is 15.2 Å². The van der Waals surface area contributed by atoms with Crippen molar-refractivity contribution in [3.63, 3.8) is 0 Å². The number of carbonyl (C=O) groups is 1. The Bertz CT molecular complexity index is 730. The Morgan fingerprint density at radius 3 is 2.59 bits per heavy atom. The van der Waals surface area contributed by atoms with Crippen molar-refractivity contribution in [1.82, 2.24) is 4.98 Å². The van der Waals surface area contributed by atoms with Crippen LogP contribution in [0.3, 0.4) is 0 Å². The highest BCUT2D eigenvalue weighted by molar-refractivity contribution is 5.98. The van der Waals surface area contributed by atoms with Crippen molar-refractivity contribution >= 4 is 28.6 Å². The summed E-state index contributed by atoms with van der Waals surface area (Å²) in [5, 5.41) is 0.848. The van der Waals surface area contributed by atoms with Gasteiger partial charge in [0.05, 0.1) is 18.3 Å². The van der Waals surface area contributed by atoms with Gasteiger partial charge in [-0.05, 0) is 44.5 Å². The molecule has 0 radical (unpaired) electrons. The number of fused-ring (bicyclic) bond motifs is 1. The molecule has 0 saturated carbocycles. The molecule has 0 unspecified atom stereocenters. The minimum absolute atomic E-state index is 0.390. The molecule has 2 N–H and O–H groups in total. The van der Waals surface area contributed by atoms with Gasteiger partial charge in [0.25, 0.3) is 0 Å². The fourth-order valence-corrected chi connectivity index (χ4v) is 2.00. The molecule has 1 aromatic heterocycles. The van der Waals surface area contributed by atoms with Crippen LogP contribution < -0.4 is 10.5 Å². The van der Waals surface area contributed by atoms with Gasteiger partial charge in [0.15, 0.2) is 0 Å². The number of nitrogens with two attached hydrogens (primary N) is 1. The largest absolute Gasteiger partial charge is 0.481 e. The third kappa shape index (κ3) is 3.75. The highest BCUT2D eigenvalue weighted by atomic mass is 16.6. The molecule has 116 valence electrons. The Hall–Kier alpha value is -2.56. The van der Waals surface area contributed by atoms with Gasteiger partial charge in [-0.2, -0.15) is 0 Å². The summed E-state index contributed by atoms with van der Waals surface area (Å²) in [7, 11) is 1.55. The second-order valence-electron chi connectivity index (χ2n) is 5.86. The quantitative estimate of drug-likeness (QED) is 0.535. The summed E-state index contributed by atoms with van der Waals surface area (Å²) in [4.78, 5) is 16.1. The average molecular weight is 300 g/mol. The number of esters is 1. The second-order valence-corrected chi connectivity index (χ2v) is 5.86. The van der Waals surface area contributed by atoms with Crippen LogP contribution in [0.1, 0.15) is 26.3 Å². The van der Waals surface area contributed by atoms with Crippen molar-refractivity contribution in [1.29, 1.82) is 0 Å². The molecule has 0 saturated heterocycles. The number of hydrogen-bond donors (Lipinski definition) is 1. The number of nitrogen functional groups attached to an aromatic ring is 1. The van der Waals surface area contributed by atoms with Gasteiger partial charge < -0.3 is 15.2 Å². The Morgan fingerprint density at radius 2 is 1.95 bits per heavy atom. The van der Waals surface area contributed by atoms with Gasteiger partial charge >= 0.3 is 5.97 Å². The summed E-state index contributed by atoms with van der Waals surface area (Å²) in [5.41, 5.74) is 7.48. The monoisotopic (exact) mass is 300 g/mol. The van der Waals surface area contributed by atoms with Crippen molar-refractivity contribution in [3.05, 3.63) is 35.9 Å². The van der Waals surface area contributed by atoms with Gasteiger partial charge in [-0.25, -0.2) is 9.78 Å². The Kier molecular flexibility index (Phi) is 4.35. The summed E-state index contributed by atoms with van der Waals surface area (Å²) in [5.74, 6) is 0.103. The number of nitrogens with zero attached hydrogens (tertiary/aromatic N) is 1. The normalized spacial score (nSPS) is 11.8. The lowest BCUT2D eigenvalue weighted by molar-refractivity contribution is -0.148. The van der Waals surface area contributed by atoms with Crippen molar-refractivity contribution < 1.29 is 14.3 Å². The van der Waals surface area contributed by atoms with E-state index in [1.807, 2.05) is 32.9 Å². The van der Waals surface area contributed by atoms with Gasteiger partial charge in [-0.1, -0.05) is 6.07 Å². The number of carbonyl (C=O) groups excluding carboxylic acids is 1. The summed E-state index contributed by atoms with van der Waals surface area (Å²) < 4.78 is 10.4. The molecule has 0 atom stereocenters. The van der Waals surface area contributed by atoms with E-state index in [-0.39, 0.29) is 5.97 Å². The zero-order valence-electron chi connectivity index (χ0n) is 13.2. The lowest BCUT2D eigenvalue weighted by Crippen LogP contribution is -2.22. The van der Waals surface area contributed by atoms with Gasteiger partial charge in [-0.15, -0.1) is 0 Å². The fourth-order valence-electron chi connectivity index (χ4n) is 2.00. The number of benzene rings is 1. The van der Waals surface area contributed by atoms with Crippen LogP contribution in [0.5, 0.6) is 5.88 Å². The van der Waals surface area contributed by atoms with Crippen LogP contribution in [0.25, 0.3) is 17.0 Å². The molecule has 2 rings (SSSR count). The molecule has 5 nitrogen and oxygen atoms in total. The smallest absolute Gasteiger partial charge is 0.331 e. The van der Waals surface area contributed by atoms with E-state index in [1.165, 1.54) is 6.08 Å². The third-order valence-corrected chi connectivity index (χ3v) is 2.91. The Balaban J connectivity index is 2.36. The molecule has 0 amide bonds. The molecule has 1 aromatic carbocycles. The highest BCUT2D eigenvalue weighted by Gasteiger charge is 2.14. The Morgan fingerprint density at radius 1 is 1.23 bits per heavy atom. The molecule has 5 heteroatoms. The zero-order chi connectivity index (χ0) is 16.3. The molecular formula is C17H20N2O3. The SMILES string of the molecule is COc1ccc2c(/C=C/C(=O)OC(C)(C)C)ccc(N)c2n1. The molecular weight excluding hydrogens is 280 g/mol. The van der Waals surface area contributed by atoms with Gasteiger partial charge in [0.1, 0.15) is 5.60 Å². The van der Waals surface area contributed by atoms with Crippen LogP contribution in [0.15, 0.2) is 30.3 Å². The molecule has 0 aliphatic rings. The lowest BCUT2D eigenvalue weighted by atomic mass is 10.1. The first-order chi connectivity index (χ1) is 10.3. The number of pyridine rings is 1. The molecule has 0 spiro atoms. The van der Waals surface area contributed by atoms with Crippen LogP contribution in [0.2, 0.25) is 0 Å². The van der Waals surface area contributed by atoms with Crippen LogP contribution in [-0.2, 0) is 9.53 Å². The minimum atomic E-state index is -0.514. The first-order valence-electron chi connectivity index (χ1n) is 6.94. The molecule has 0 bridgehead atoms. The number of methoxy groups -OCH3 is 1. The molecule has 0 aliphatic heterocycles. The number of ether oxygens (including phenoxy) is 2. The van der Waals surface area contributed by atoms with E-state index in [2.05, 4.69) is 4.98 Å². The zero-order valence-corrected chi connectivity index (χ0v) is 13.2. The minimum Gasteiger partial charge on any atom is -0.481 e. The van der Waals surface area contributed by atoms with E-state index in [1.54, 1.807) is 25.3 Å². The standard InChI is InChI=1S/C17H20N2O3/c1-17(2,3)22-15(20)10-6-11-5-8-13(18)16-12(11)7-9-14(19-16)21-4/h5-10H,18H2,1-4H3/b10-6+. The predicted octanol–water partition coefficient (Wildman–Crippen LogP) is 3.18. The molecule has 2 aromatic rings. The van der Waals surface area contributed by atoms with E-state index >= 15 is 0 Å². The molecule has 0 aliphatic carbocycles. The summed E-state index contributed by atoms with van der Waals surface area (Å²) >= 11 is 0. The second kappa shape index (κ2) is 6.05. The highest BCUT2D eigenvalue weighted by Crippen LogP contribution is 2.26. The number of hydrogen-bond acceptors (Lipinski definition) is 5. The van der Waals surface area contributed by atoms with Crippen molar-refractivity contribution in [2.45, 2.75) is 26.4 Å². The van der Waals surface area contributed by atoms with Crippen molar-refractivity contribution in [3.8, 4) is 5.88 Å². The summed E-state index contributed by atoms with van der Waals surface area (Å²) in [6.45, 7) is 5.48. The van der Waals surface area contributed by atoms with Crippen LogP contribution >= 0.6 is 0 Å². The van der Waals surface area contributed by atoms with Crippen LogP contribution in [0.4, 0.5) is 5.69 Å². The van der Waals surface area contributed by atoms with Crippen LogP contribution in [-0.4, -0.2) is 23.7 Å². The number of rotatable bonds is 3. The summed E-state index contributed by atoms with van der Waals surface area (Å²) in [6.07, 6.45) is 3.10. The first-order valence-corrected chi connectivity index (χ1v) is 6.94. The van der Waals surface area contributed by atoms with Crippen molar-refractivity contribution in [2.75, 3.05) is 12.8 Å². The predicted molar refractivity (Wildman–Crippen MR) is 87.6 cm³/mol. The summed E-state index contributed by atoms with van der Waals surface area (Å²) in [6, 6.07) is 7.22. The maximum absolute atomic E-state index is 11.8. The van der Waals surface area contributed by atoms with E-state index in [0.717, 1.165) is 10.9 Å². The molecule has 1 heterocycles. The topological polar surface area (TPSA) is 74.4 Å².